The van der Waals surface area contributed by atoms with E-state index in [1.54, 1.807) is 12.1 Å². The number of nitrogens with one attached hydrogen (secondary N) is 1. The van der Waals surface area contributed by atoms with Gasteiger partial charge in [-0.1, -0.05) is 30.3 Å². The Kier molecular flexibility index (Phi) is 4.16. The zero-order chi connectivity index (χ0) is 16.4. The summed E-state index contributed by atoms with van der Waals surface area (Å²) in [5.74, 6) is -0.400. The van der Waals surface area contributed by atoms with Gasteiger partial charge in [-0.3, -0.25) is 0 Å². The van der Waals surface area contributed by atoms with Gasteiger partial charge in [0.25, 0.3) is 0 Å². The van der Waals surface area contributed by atoms with Gasteiger partial charge in [0.2, 0.25) is 0 Å². The molecule has 0 bridgehead atoms. The smallest absolute Gasteiger partial charge is 0.129 e. The third-order valence-electron chi connectivity index (χ3n) is 4.62. The maximum atomic E-state index is 14.1. The average molecular weight is 310 g/mol. The van der Waals surface area contributed by atoms with Crippen molar-refractivity contribution in [2.24, 2.45) is 0 Å². The monoisotopic (exact) mass is 310 g/mol. The molecule has 0 fully saturated rings. The second kappa shape index (κ2) is 6.11. The highest BCUT2D eigenvalue weighted by Crippen LogP contribution is 2.36. The SMILES string of the molecule is CC(NCC1(O)CCc2ccccc21)c1ccc(C#N)cc1F. The van der Waals surface area contributed by atoms with Crippen molar-refractivity contribution in [1.29, 1.82) is 5.26 Å². The number of aliphatic hydroxyl groups is 1. The molecule has 1 aliphatic rings. The van der Waals surface area contributed by atoms with Crippen LogP contribution in [-0.4, -0.2) is 11.7 Å². The summed E-state index contributed by atoms with van der Waals surface area (Å²) >= 11 is 0. The minimum atomic E-state index is -0.909. The lowest BCUT2D eigenvalue weighted by Crippen LogP contribution is -2.37. The van der Waals surface area contributed by atoms with E-state index in [-0.39, 0.29) is 6.04 Å². The largest absolute Gasteiger partial charge is 0.384 e. The molecule has 23 heavy (non-hydrogen) atoms. The summed E-state index contributed by atoms with van der Waals surface area (Å²) in [6.45, 7) is 2.22. The number of nitriles is 1. The van der Waals surface area contributed by atoms with Gasteiger partial charge < -0.3 is 10.4 Å². The molecule has 3 rings (SSSR count). The summed E-state index contributed by atoms with van der Waals surface area (Å²) in [7, 11) is 0. The van der Waals surface area contributed by atoms with E-state index in [2.05, 4.69) is 5.32 Å². The van der Waals surface area contributed by atoms with Gasteiger partial charge in [-0.2, -0.15) is 5.26 Å². The number of nitrogens with zero attached hydrogens (tertiary/aromatic N) is 1. The fourth-order valence-corrected chi connectivity index (χ4v) is 3.23. The minimum Gasteiger partial charge on any atom is -0.384 e. The van der Waals surface area contributed by atoms with Crippen molar-refractivity contribution < 1.29 is 9.50 Å². The van der Waals surface area contributed by atoms with E-state index >= 15 is 0 Å². The highest BCUT2D eigenvalue weighted by atomic mass is 19.1. The molecule has 0 heterocycles. The molecule has 2 aromatic rings. The average Bonchev–Trinajstić information content (AvgIpc) is 2.91. The van der Waals surface area contributed by atoms with Gasteiger partial charge in [-0.15, -0.1) is 0 Å². The molecule has 0 saturated heterocycles. The van der Waals surface area contributed by atoms with Crippen LogP contribution < -0.4 is 5.32 Å². The highest BCUT2D eigenvalue weighted by molar-refractivity contribution is 5.38. The lowest BCUT2D eigenvalue weighted by Gasteiger charge is -2.27. The molecule has 3 nitrogen and oxygen atoms in total. The number of fused-ring (bicyclic) bond motifs is 1. The Morgan fingerprint density at radius 1 is 1.35 bits per heavy atom. The standard InChI is InChI=1S/C19H19FN2O/c1-13(16-7-6-14(11-21)10-18(16)20)22-12-19(23)9-8-15-4-2-3-5-17(15)19/h2-7,10,13,22-23H,8-9,12H2,1H3. The Labute approximate surface area is 135 Å². The third-order valence-corrected chi connectivity index (χ3v) is 4.62. The Morgan fingerprint density at radius 3 is 2.87 bits per heavy atom. The Bertz CT molecular complexity index is 768. The molecule has 118 valence electrons. The summed E-state index contributed by atoms with van der Waals surface area (Å²) in [6.07, 6.45) is 1.52. The predicted octanol–water partition coefficient (Wildman–Crippen LogP) is 3.18. The summed E-state index contributed by atoms with van der Waals surface area (Å²) in [5, 5.41) is 22.9. The van der Waals surface area contributed by atoms with Crippen LogP contribution in [0, 0.1) is 17.1 Å². The molecule has 1 aliphatic carbocycles. The maximum absolute atomic E-state index is 14.1. The van der Waals surface area contributed by atoms with Crippen LogP contribution in [0.2, 0.25) is 0 Å². The Hall–Kier alpha value is -2.22. The van der Waals surface area contributed by atoms with Crippen molar-refractivity contribution in [3.8, 4) is 6.07 Å². The van der Waals surface area contributed by atoms with Crippen LogP contribution in [0.5, 0.6) is 0 Å². The third kappa shape index (κ3) is 2.98. The lowest BCUT2D eigenvalue weighted by molar-refractivity contribution is 0.0362. The van der Waals surface area contributed by atoms with Crippen LogP contribution in [0.3, 0.4) is 0 Å². The van der Waals surface area contributed by atoms with Crippen molar-refractivity contribution in [1.82, 2.24) is 5.32 Å². The normalized spacial score (nSPS) is 20.8. The number of benzene rings is 2. The van der Waals surface area contributed by atoms with Crippen LogP contribution in [0.4, 0.5) is 4.39 Å². The second-order valence-electron chi connectivity index (χ2n) is 6.14. The van der Waals surface area contributed by atoms with Crippen LogP contribution in [-0.2, 0) is 12.0 Å². The van der Waals surface area contributed by atoms with Crippen molar-refractivity contribution in [3.63, 3.8) is 0 Å². The number of rotatable bonds is 4. The first-order valence-electron chi connectivity index (χ1n) is 7.77. The molecule has 0 aliphatic heterocycles. The highest BCUT2D eigenvalue weighted by Gasteiger charge is 2.36. The van der Waals surface area contributed by atoms with Crippen molar-refractivity contribution >= 4 is 0 Å². The quantitative estimate of drug-likeness (QED) is 0.912. The summed E-state index contributed by atoms with van der Waals surface area (Å²) < 4.78 is 14.1. The van der Waals surface area contributed by atoms with Crippen LogP contribution in [0.15, 0.2) is 42.5 Å². The molecule has 2 unspecified atom stereocenters. The summed E-state index contributed by atoms with van der Waals surface area (Å²) in [4.78, 5) is 0. The topological polar surface area (TPSA) is 56.0 Å². The van der Waals surface area contributed by atoms with E-state index in [0.717, 1.165) is 12.0 Å². The van der Waals surface area contributed by atoms with Crippen LogP contribution >= 0.6 is 0 Å². The fourth-order valence-electron chi connectivity index (χ4n) is 3.23. The number of hydrogen-bond acceptors (Lipinski definition) is 3. The molecular weight excluding hydrogens is 291 g/mol. The fraction of sp³-hybridized carbons (Fsp3) is 0.316. The zero-order valence-corrected chi connectivity index (χ0v) is 13.0. The van der Waals surface area contributed by atoms with Crippen LogP contribution in [0.1, 0.15) is 41.6 Å². The van der Waals surface area contributed by atoms with Crippen molar-refractivity contribution in [2.75, 3.05) is 6.54 Å². The number of halogens is 1. The van der Waals surface area contributed by atoms with E-state index in [1.807, 2.05) is 37.3 Å². The van der Waals surface area contributed by atoms with E-state index in [4.69, 9.17) is 5.26 Å². The molecule has 2 aromatic carbocycles. The molecule has 4 heteroatoms. The Morgan fingerprint density at radius 2 is 2.13 bits per heavy atom. The van der Waals surface area contributed by atoms with Gasteiger partial charge in [-0.25, -0.2) is 4.39 Å². The minimum absolute atomic E-state index is 0.250. The predicted molar refractivity (Wildman–Crippen MR) is 86.2 cm³/mol. The summed E-state index contributed by atoms with van der Waals surface area (Å²) in [6, 6.07) is 14.1. The van der Waals surface area contributed by atoms with E-state index in [9.17, 15) is 9.50 Å². The van der Waals surface area contributed by atoms with Gasteiger partial charge >= 0.3 is 0 Å². The van der Waals surface area contributed by atoms with Crippen molar-refractivity contribution in [3.05, 3.63) is 70.5 Å². The van der Waals surface area contributed by atoms with Gasteiger partial charge in [0.15, 0.2) is 0 Å². The van der Waals surface area contributed by atoms with E-state index < -0.39 is 11.4 Å². The summed E-state index contributed by atoms with van der Waals surface area (Å²) in [5.41, 5.74) is 2.03. The van der Waals surface area contributed by atoms with E-state index in [0.29, 0.717) is 24.1 Å². The lowest BCUT2D eigenvalue weighted by atomic mass is 9.95. The molecular formula is C19H19FN2O. The maximum Gasteiger partial charge on any atom is 0.129 e. The van der Waals surface area contributed by atoms with Gasteiger partial charge in [0.1, 0.15) is 11.4 Å². The number of hydrogen-bond donors (Lipinski definition) is 2. The molecule has 0 saturated carbocycles. The Balaban J connectivity index is 1.73. The zero-order valence-electron chi connectivity index (χ0n) is 13.0. The van der Waals surface area contributed by atoms with Gasteiger partial charge in [0, 0.05) is 18.2 Å². The van der Waals surface area contributed by atoms with Gasteiger partial charge in [-0.05, 0) is 43.0 Å². The molecule has 0 radical (unpaired) electrons. The second-order valence-corrected chi connectivity index (χ2v) is 6.14. The van der Waals surface area contributed by atoms with Crippen LogP contribution in [0.25, 0.3) is 0 Å². The van der Waals surface area contributed by atoms with E-state index in [1.165, 1.54) is 11.6 Å². The molecule has 0 spiro atoms. The first-order valence-corrected chi connectivity index (χ1v) is 7.77. The molecule has 2 N–H and O–H groups in total. The molecule has 2 atom stereocenters. The first-order chi connectivity index (χ1) is 11.0. The molecule has 0 amide bonds. The first kappa shape index (κ1) is 15.7. The van der Waals surface area contributed by atoms with Crippen molar-refractivity contribution in [2.45, 2.75) is 31.4 Å². The number of aryl methyl sites for hydroxylation is 1. The van der Waals surface area contributed by atoms with Gasteiger partial charge in [0.05, 0.1) is 11.6 Å². The molecule has 0 aromatic heterocycles.